The quantitative estimate of drug-likeness (QED) is 0.388. The molecule has 3 N–H and O–H groups in total. The molecule has 10 heteroatoms. The van der Waals surface area contributed by atoms with Crippen LogP contribution in [0.4, 0.5) is 0 Å². The van der Waals surface area contributed by atoms with Crippen LogP contribution in [0.25, 0.3) is 0 Å². The summed E-state index contributed by atoms with van der Waals surface area (Å²) in [7, 11) is -2.07. The molecular formula is C12H22N3O5PS. The second-order valence-corrected chi connectivity index (χ2v) is 8.13. The molecule has 0 radical (unpaired) electrons. The molecule has 0 aromatic carbocycles. The number of hydrogen-bond donors (Lipinski definition) is 3. The maximum absolute atomic E-state index is 11.9. The Balaban J connectivity index is 2.33. The van der Waals surface area contributed by atoms with Gasteiger partial charge in [-0.05, 0) is 12.7 Å². The van der Waals surface area contributed by atoms with Gasteiger partial charge < -0.3 is 10.2 Å². The third-order valence-electron chi connectivity index (χ3n) is 3.32. The summed E-state index contributed by atoms with van der Waals surface area (Å²) in [4.78, 5) is 45.5. The van der Waals surface area contributed by atoms with Gasteiger partial charge >= 0.3 is 0 Å². The summed E-state index contributed by atoms with van der Waals surface area (Å²) < 4.78 is 11.9. The van der Waals surface area contributed by atoms with Crippen LogP contribution in [0.2, 0.25) is 0 Å². The van der Waals surface area contributed by atoms with Crippen LogP contribution in [-0.4, -0.2) is 65.3 Å². The molecule has 0 aromatic heterocycles. The summed E-state index contributed by atoms with van der Waals surface area (Å²) >= 11 is 1.34. The van der Waals surface area contributed by atoms with E-state index in [2.05, 4.69) is 10.4 Å². The molecule has 1 saturated heterocycles. The molecule has 2 atom stereocenters. The van der Waals surface area contributed by atoms with Gasteiger partial charge in [0.15, 0.2) is 0 Å². The van der Waals surface area contributed by atoms with Gasteiger partial charge in [-0.15, -0.1) is 0 Å². The average molecular weight is 351 g/mol. The number of carbonyl (C=O) groups excluding carboxylic acids is 3. The van der Waals surface area contributed by atoms with Gasteiger partial charge in [0.05, 0.1) is 5.25 Å². The van der Waals surface area contributed by atoms with Crippen molar-refractivity contribution in [3.05, 3.63) is 0 Å². The molecule has 1 aliphatic heterocycles. The van der Waals surface area contributed by atoms with Gasteiger partial charge in [0.1, 0.15) is 0 Å². The number of nitrogens with one attached hydrogen (secondary N) is 2. The predicted octanol–water partition coefficient (Wildman–Crippen LogP) is -0.222. The van der Waals surface area contributed by atoms with E-state index >= 15 is 0 Å². The Morgan fingerprint density at radius 1 is 1.50 bits per heavy atom. The highest BCUT2D eigenvalue weighted by molar-refractivity contribution is 8.00. The number of imide groups is 1. The molecule has 0 aromatic rings. The fourth-order valence-electron chi connectivity index (χ4n) is 2.06. The smallest absolute Gasteiger partial charge is 0.267 e. The van der Waals surface area contributed by atoms with Crippen molar-refractivity contribution < 1.29 is 23.8 Å². The van der Waals surface area contributed by atoms with Crippen LogP contribution >= 0.6 is 19.3 Å². The lowest BCUT2D eigenvalue weighted by molar-refractivity contribution is -0.138. The van der Waals surface area contributed by atoms with Crippen LogP contribution in [0.1, 0.15) is 19.3 Å². The fourth-order valence-corrected chi connectivity index (χ4v) is 3.89. The zero-order chi connectivity index (χ0) is 16.8. The monoisotopic (exact) mass is 351 g/mol. The average Bonchev–Trinajstić information content (AvgIpc) is 2.73. The Labute approximate surface area is 133 Å². The number of nitrogens with zero attached hydrogens (tertiary/aromatic N) is 1. The first-order chi connectivity index (χ1) is 10.3. The van der Waals surface area contributed by atoms with Crippen molar-refractivity contribution in [2.24, 2.45) is 0 Å². The molecule has 22 heavy (non-hydrogen) atoms. The number of likely N-dealkylation sites (tertiary alicyclic amines) is 1. The molecule has 1 aliphatic rings. The topological polar surface area (TPSA) is 116 Å². The SMILES string of the molecule is CNC(=O)CCNP(=O)(O)CCCN1C(=O)CC(SC)C1=O. The van der Waals surface area contributed by atoms with Crippen LogP contribution in [0.3, 0.4) is 0 Å². The van der Waals surface area contributed by atoms with E-state index in [1.54, 1.807) is 6.26 Å². The maximum Gasteiger partial charge on any atom is 0.267 e. The van der Waals surface area contributed by atoms with E-state index in [0.29, 0.717) is 0 Å². The molecule has 0 bridgehead atoms. The normalized spacial score (nSPS) is 21.0. The van der Waals surface area contributed by atoms with Crippen LogP contribution in [0.15, 0.2) is 0 Å². The first kappa shape index (κ1) is 19.2. The largest absolute Gasteiger partial charge is 0.359 e. The first-order valence-electron chi connectivity index (χ1n) is 6.95. The van der Waals surface area contributed by atoms with Crippen LogP contribution in [0.5, 0.6) is 0 Å². The highest BCUT2D eigenvalue weighted by atomic mass is 32.2. The zero-order valence-corrected chi connectivity index (χ0v) is 14.4. The Morgan fingerprint density at radius 2 is 2.18 bits per heavy atom. The van der Waals surface area contributed by atoms with Crippen LogP contribution < -0.4 is 10.4 Å². The highest BCUT2D eigenvalue weighted by Gasteiger charge is 2.37. The van der Waals surface area contributed by atoms with Crippen LogP contribution in [0, 0.1) is 0 Å². The van der Waals surface area contributed by atoms with E-state index in [4.69, 9.17) is 0 Å². The molecule has 1 fully saturated rings. The van der Waals surface area contributed by atoms with Crippen molar-refractivity contribution in [3.63, 3.8) is 0 Å². The van der Waals surface area contributed by atoms with E-state index < -0.39 is 7.52 Å². The summed E-state index contributed by atoms with van der Waals surface area (Å²) in [5.74, 6) is -0.675. The van der Waals surface area contributed by atoms with Gasteiger partial charge in [0.2, 0.25) is 17.7 Å². The highest BCUT2D eigenvalue weighted by Crippen LogP contribution is 2.36. The van der Waals surface area contributed by atoms with Crippen molar-refractivity contribution in [1.82, 2.24) is 15.3 Å². The molecule has 0 aliphatic carbocycles. The Bertz CT molecular complexity index is 487. The molecule has 0 saturated carbocycles. The lowest BCUT2D eigenvalue weighted by atomic mass is 10.4. The van der Waals surface area contributed by atoms with E-state index in [1.807, 2.05) is 0 Å². The Kier molecular flexibility index (Phi) is 7.55. The van der Waals surface area contributed by atoms with Gasteiger partial charge in [0.25, 0.3) is 7.52 Å². The van der Waals surface area contributed by atoms with Gasteiger partial charge in [-0.25, -0.2) is 5.09 Å². The standard InChI is InChI=1S/C12H22N3O5PS/c1-13-10(16)4-5-14-21(19,20)7-3-6-15-11(17)8-9(22-2)12(15)18/h9H,3-8H2,1-2H3,(H,13,16)(H2,14,19,20). The molecule has 2 unspecified atom stereocenters. The van der Waals surface area contributed by atoms with Gasteiger partial charge in [-0.1, -0.05) is 0 Å². The molecule has 3 amide bonds. The summed E-state index contributed by atoms with van der Waals surface area (Å²) in [5.41, 5.74) is 0. The lowest BCUT2D eigenvalue weighted by Crippen LogP contribution is -2.33. The van der Waals surface area contributed by atoms with E-state index in [-0.39, 0.29) is 61.5 Å². The summed E-state index contributed by atoms with van der Waals surface area (Å²) in [6, 6.07) is 0. The minimum absolute atomic E-state index is 0.0538. The van der Waals surface area contributed by atoms with Gasteiger partial charge in [0, 0.05) is 39.1 Å². The number of amides is 3. The predicted molar refractivity (Wildman–Crippen MR) is 84.6 cm³/mol. The fraction of sp³-hybridized carbons (Fsp3) is 0.750. The van der Waals surface area contributed by atoms with Crippen molar-refractivity contribution in [2.45, 2.75) is 24.5 Å². The van der Waals surface area contributed by atoms with Crippen LogP contribution in [-0.2, 0) is 18.9 Å². The summed E-state index contributed by atoms with van der Waals surface area (Å²) in [5, 5.41) is 4.53. The van der Waals surface area contributed by atoms with Crippen molar-refractivity contribution in [3.8, 4) is 0 Å². The number of thioether (sulfide) groups is 1. The van der Waals surface area contributed by atoms with Crippen molar-refractivity contribution in [2.75, 3.05) is 32.6 Å². The number of rotatable bonds is 9. The summed E-state index contributed by atoms with van der Waals surface area (Å²) in [6.45, 7) is 0.250. The van der Waals surface area contributed by atoms with E-state index in [9.17, 15) is 23.8 Å². The van der Waals surface area contributed by atoms with Gasteiger partial charge in [-0.2, -0.15) is 11.8 Å². The second kappa shape index (κ2) is 8.67. The van der Waals surface area contributed by atoms with Crippen molar-refractivity contribution in [1.29, 1.82) is 0 Å². The second-order valence-electron chi connectivity index (χ2n) is 4.92. The molecule has 8 nitrogen and oxygen atoms in total. The molecule has 0 spiro atoms. The first-order valence-corrected chi connectivity index (χ1v) is 10.1. The van der Waals surface area contributed by atoms with E-state index in [0.717, 1.165) is 4.90 Å². The zero-order valence-electron chi connectivity index (χ0n) is 12.7. The molecule has 1 heterocycles. The minimum atomic E-state index is -3.56. The Morgan fingerprint density at radius 3 is 2.73 bits per heavy atom. The Hall–Kier alpha value is -0.890. The third kappa shape index (κ3) is 5.72. The molecule has 126 valence electrons. The van der Waals surface area contributed by atoms with Gasteiger partial charge in [-0.3, -0.25) is 23.8 Å². The van der Waals surface area contributed by atoms with E-state index in [1.165, 1.54) is 18.8 Å². The van der Waals surface area contributed by atoms with Crippen molar-refractivity contribution >= 4 is 37.0 Å². The minimum Gasteiger partial charge on any atom is -0.359 e. The number of hydrogen-bond acceptors (Lipinski definition) is 5. The molecular weight excluding hydrogens is 329 g/mol. The molecule has 1 rings (SSSR count). The lowest BCUT2D eigenvalue weighted by Gasteiger charge is -2.17. The third-order valence-corrected chi connectivity index (χ3v) is 5.90. The summed E-state index contributed by atoms with van der Waals surface area (Å²) in [6.07, 6.45) is 2.28. The maximum atomic E-state index is 11.9. The number of carbonyl (C=O) groups is 3.